The highest BCUT2D eigenvalue weighted by molar-refractivity contribution is 6.04. The summed E-state index contributed by atoms with van der Waals surface area (Å²) in [5.74, 6) is 1.12. The van der Waals surface area contributed by atoms with E-state index in [1.165, 1.54) is 18.3 Å². The van der Waals surface area contributed by atoms with Gasteiger partial charge in [0.15, 0.2) is 11.5 Å². The van der Waals surface area contributed by atoms with Gasteiger partial charge in [-0.2, -0.15) is 0 Å². The van der Waals surface area contributed by atoms with E-state index in [9.17, 15) is 9.18 Å². The van der Waals surface area contributed by atoms with Crippen LogP contribution in [0.15, 0.2) is 60.8 Å². The zero-order valence-electron chi connectivity index (χ0n) is 13.5. The molecule has 0 unspecified atom stereocenters. The van der Waals surface area contributed by atoms with Crippen LogP contribution in [0.5, 0.6) is 11.5 Å². The number of ether oxygens (including phenoxy) is 2. The van der Waals surface area contributed by atoms with Crippen LogP contribution in [0.3, 0.4) is 0 Å². The maximum Gasteiger partial charge on any atom is 0.255 e. The van der Waals surface area contributed by atoms with Crippen molar-refractivity contribution in [3.05, 3.63) is 72.2 Å². The van der Waals surface area contributed by atoms with Crippen LogP contribution >= 0.6 is 0 Å². The first-order chi connectivity index (χ1) is 12.7. The number of aromatic nitrogens is 1. The minimum absolute atomic E-state index is 0.176. The summed E-state index contributed by atoms with van der Waals surface area (Å²) in [6.07, 6.45) is 1.53. The van der Waals surface area contributed by atoms with Crippen LogP contribution in [-0.2, 0) is 0 Å². The number of benzene rings is 2. The number of pyridine rings is 1. The predicted molar refractivity (Wildman–Crippen MR) is 94.4 cm³/mol. The topological polar surface area (TPSA) is 72.5 Å². The Labute approximate surface area is 148 Å². The molecule has 1 amide bonds. The van der Waals surface area contributed by atoms with Crippen molar-refractivity contribution >= 4 is 23.1 Å². The Morgan fingerprint density at radius 3 is 2.58 bits per heavy atom. The summed E-state index contributed by atoms with van der Waals surface area (Å²) < 4.78 is 23.5. The number of halogens is 1. The maximum absolute atomic E-state index is 13.0. The van der Waals surface area contributed by atoms with Gasteiger partial charge in [0, 0.05) is 29.2 Å². The van der Waals surface area contributed by atoms with Crippen molar-refractivity contribution in [1.82, 2.24) is 4.98 Å². The number of amides is 1. The lowest BCUT2D eigenvalue weighted by atomic mass is 10.2. The molecule has 3 aromatic rings. The molecule has 1 aromatic heterocycles. The molecule has 26 heavy (non-hydrogen) atoms. The Bertz CT molecular complexity index is 960. The molecule has 0 fully saturated rings. The van der Waals surface area contributed by atoms with E-state index in [0.29, 0.717) is 34.3 Å². The molecule has 0 atom stereocenters. The SMILES string of the molecule is O=C(Nc1ccc2c(c1)OCO2)c1ccnc(Nc2ccc(F)cc2)c1. The highest BCUT2D eigenvalue weighted by Gasteiger charge is 2.15. The first kappa shape index (κ1) is 15.9. The molecule has 0 saturated carbocycles. The second-order valence-corrected chi connectivity index (χ2v) is 5.58. The summed E-state index contributed by atoms with van der Waals surface area (Å²) in [4.78, 5) is 16.6. The molecular formula is C19H14FN3O3. The van der Waals surface area contributed by atoms with Gasteiger partial charge in [-0.1, -0.05) is 0 Å². The smallest absolute Gasteiger partial charge is 0.255 e. The first-order valence-corrected chi connectivity index (χ1v) is 7.87. The lowest BCUT2D eigenvalue weighted by Gasteiger charge is -2.09. The quantitative estimate of drug-likeness (QED) is 0.745. The monoisotopic (exact) mass is 351 g/mol. The number of hydrogen-bond acceptors (Lipinski definition) is 5. The highest BCUT2D eigenvalue weighted by Crippen LogP contribution is 2.34. The lowest BCUT2D eigenvalue weighted by molar-refractivity contribution is 0.102. The zero-order valence-corrected chi connectivity index (χ0v) is 13.5. The van der Waals surface area contributed by atoms with E-state index in [1.54, 1.807) is 42.5 Å². The molecule has 0 bridgehead atoms. The van der Waals surface area contributed by atoms with Gasteiger partial charge in [0.1, 0.15) is 11.6 Å². The van der Waals surface area contributed by atoms with Gasteiger partial charge < -0.3 is 20.1 Å². The third-order valence-corrected chi connectivity index (χ3v) is 3.77. The first-order valence-electron chi connectivity index (χ1n) is 7.87. The summed E-state index contributed by atoms with van der Waals surface area (Å²) >= 11 is 0. The fourth-order valence-corrected chi connectivity index (χ4v) is 2.50. The van der Waals surface area contributed by atoms with Crippen LogP contribution in [0.25, 0.3) is 0 Å². The zero-order chi connectivity index (χ0) is 17.9. The molecule has 1 aliphatic rings. The second kappa shape index (κ2) is 6.72. The second-order valence-electron chi connectivity index (χ2n) is 5.58. The number of carbonyl (C=O) groups is 1. The third kappa shape index (κ3) is 3.41. The average Bonchev–Trinajstić information content (AvgIpc) is 3.12. The van der Waals surface area contributed by atoms with Crippen LogP contribution < -0.4 is 20.1 Å². The molecule has 130 valence electrons. The van der Waals surface area contributed by atoms with Gasteiger partial charge >= 0.3 is 0 Å². The van der Waals surface area contributed by atoms with Crippen LogP contribution in [0.2, 0.25) is 0 Å². The molecule has 7 heteroatoms. The number of rotatable bonds is 4. The molecule has 0 radical (unpaired) electrons. The number of hydrogen-bond donors (Lipinski definition) is 2. The van der Waals surface area contributed by atoms with Crippen molar-refractivity contribution < 1.29 is 18.7 Å². The van der Waals surface area contributed by atoms with Gasteiger partial charge in [-0.3, -0.25) is 4.79 Å². The molecule has 2 aromatic carbocycles. The Morgan fingerprint density at radius 2 is 1.73 bits per heavy atom. The van der Waals surface area contributed by atoms with E-state index in [4.69, 9.17) is 9.47 Å². The van der Waals surface area contributed by atoms with E-state index >= 15 is 0 Å². The largest absolute Gasteiger partial charge is 0.454 e. The van der Waals surface area contributed by atoms with E-state index in [1.807, 2.05) is 0 Å². The van der Waals surface area contributed by atoms with E-state index in [2.05, 4.69) is 15.6 Å². The van der Waals surface area contributed by atoms with Gasteiger partial charge in [-0.15, -0.1) is 0 Å². The third-order valence-electron chi connectivity index (χ3n) is 3.77. The van der Waals surface area contributed by atoms with Crippen molar-refractivity contribution in [2.45, 2.75) is 0 Å². The van der Waals surface area contributed by atoms with Crippen LogP contribution in [0.1, 0.15) is 10.4 Å². The van der Waals surface area contributed by atoms with Gasteiger partial charge in [0.25, 0.3) is 5.91 Å². The Morgan fingerprint density at radius 1 is 0.962 bits per heavy atom. The number of nitrogens with one attached hydrogen (secondary N) is 2. The van der Waals surface area contributed by atoms with Gasteiger partial charge in [-0.25, -0.2) is 9.37 Å². The average molecular weight is 351 g/mol. The highest BCUT2D eigenvalue weighted by atomic mass is 19.1. The van der Waals surface area contributed by atoms with E-state index in [-0.39, 0.29) is 18.5 Å². The summed E-state index contributed by atoms with van der Waals surface area (Å²) in [5.41, 5.74) is 1.71. The van der Waals surface area contributed by atoms with Gasteiger partial charge in [0.05, 0.1) is 0 Å². The summed E-state index contributed by atoms with van der Waals surface area (Å²) in [6, 6.07) is 14.3. The number of carbonyl (C=O) groups excluding carboxylic acids is 1. The van der Waals surface area contributed by atoms with Gasteiger partial charge in [-0.05, 0) is 48.5 Å². The van der Waals surface area contributed by atoms with E-state index < -0.39 is 0 Å². The summed E-state index contributed by atoms with van der Waals surface area (Å²) in [5, 5.41) is 5.84. The maximum atomic E-state index is 13.0. The van der Waals surface area contributed by atoms with Crippen molar-refractivity contribution in [3.63, 3.8) is 0 Å². The van der Waals surface area contributed by atoms with Gasteiger partial charge in [0.2, 0.25) is 6.79 Å². The standard InChI is InChI=1S/C19H14FN3O3/c20-13-1-3-14(4-2-13)22-18-9-12(7-8-21-18)19(24)23-15-5-6-16-17(10-15)26-11-25-16/h1-10H,11H2,(H,21,22)(H,23,24). The molecule has 6 nitrogen and oxygen atoms in total. The minimum Gasteiger partial charge on any atom is -0.454 e. The molecule has 0 aliphatic carbocycles. The van der Waals surface area contributed by atoms with Crippen LogP contribution in [-0.4, -0.2) is 17.7 Å². The van der Waals surface area contributed by atoms with Crippen LogP contribution in [0.4, 0.5) is 21.6 Å². The van der Waals surface area contributed by atoms with Crippen molar-refractivity contribution in [1.29, 1.82) is 0 Å². The van der Waals surface area contributed by atoms with Crippen molar-refractivity contribution in [3.8, 4) is 11.5 Å². The molecule has 2 heterocycles. The molecule has 2 N–H and O–H groups in total. The fraction of sp³-hybridized carbons (Fsp3) is 0.0526. The Kier molecular flexibility index (Phi) is 4.10. The molecule has 0 spiro atoms. The summed E-state index contributed by atoms with van der Waals surface area (Å²) in [7, 11) is 0. The number of fused-ring (bicyclic) bond motifs is 1. The summed E-state index contributed by atoms with van der Waals surface area (Å²) in [6.45, 7) is 0.176. The van der Waals surface area contributed by atoms with Crippen LogP contribution in [0, 0.1) is 5.82 Å². The number of anilines is 3. The predicted octanol–water partition coefficient (Wildman–Crippen LogP) is 3.95. The molecule has 4 rings (SSSR count). The lowest BCUT2D eigenvalue weighted by Crippen LogP contribution is -2.12. The van der Waals surface area contributed by atoms with Crippen molar-refractivity contribution in [2.24, 2.45) is 0 Å². The number of nitrogens with zero attached hydrogens (tertiary/aromatic N) is 1. The normalized spacial score (nSPS) is 11.9. The molecule has 0 saturated heterocycles. The van der Waals surface area contributed by atoms with Crippen molar-refractivity contribution in [2.75, 3.05) is 17.4 Å². The minimum atomic E-state index is -0.319. The molecular weight excluding hydrogens is 337 g/mol. The van der Waals surface area contributed by atoms with E-state index in [0.717, 1.165) is 0 Å². The Balaban J connectivity index is 1.48. The fourth-order valence-electron chi connectivity index (χ4n) is 2.50. The molecule has 1 aliphatic heterocycles. The Hall–Kier alpha value is -3.61.